The molecule has 72 valence electrons. The van der Waals surface area contributed by atoms with E-state index in [-0.39, 0.29) is 0 Å². The van der Waals surface area contributed by atoms with Gasteiger partial charge < -0.3 is 0 Å². The van der Waals surface area contributed by atoms with Crippen LogP contribution in [0.15, 0.2) is 17.4 Å². The Morgan fingerprint density at radius 1 is 1.31 bits per heavy atom. The van der Waals surface area contributed by atoms with Crippen molar-refractivity contribution in [2.24, 2.45) is 0 Å². The van der Waals surface area contributed by atoms with Crippen molar-refractivity contribution in [3.8, 4) is 0 Å². The summed E-state index contributed by atoms with van der Waals surface area (Å²) in [7, 11) is 0.881. The van der Waals surface area contributed by atoms with Crippen LogP contribution in [0.5, 0.6) is 0 Å². The fraction of sp³-hybridized carbons (Fsp3) is 0.200. The Balaban J connectivity index is 3.08. The van der Waals surface area contributed by atoms with E-state index in [2.05, 4.69) is 9.97 Å². The molecule has 0 aliphatic carbocycles. The van der Waals surface area contributed by atoms with Gasteiger partial charge in [0.2, 0.25) is 0 Å². The smallest absolute Gasteiger partial charge is 0.251 e. The van der Waals surface area contributed by atoms with E-state index in [1.54, 1.807) is 0 Å². The molecule has 0 saturated carbocycles. The lowest BCUT2D eigenvalue weighted by Crippen LogP contribution is -1.99. The second-order valence-corrected chi connectivity index (χ2v) is 4.53. The van der Waals surface area contributed by atoms with Gasteiger partial charge in [0, 0.05) is 10.7 Å². The highest BCUT2D eigenvalue weighted by Crippen LogP contribution is 2.16. The molecule has 0 bridgehead atoms. The first-order valence-electron chi connectivity index (χ1n) is 2.96. The van der Waals surface area contributed by atoms with Crippen LogP contribution in [-0.4, -0.2) is 18.4 Å². The third-order valence-corrected chi connectivity index (χ3v) is 2.31. The number of aromatic nitrogens is 2. The standard InChI is InChI=1S/C5H3ClF2N2O2S/c6-13(11,12)4-2-9-3(1-10-4)5(7)8/h1-2,5H. The molecule has 0 aromatic carbocycles. The molecule has 1 aromatic heterocycles. The molecule has 0 saturated heterocycles. The van der Waals surface area contributed by atoms with E-state index in [1.165, 1.54) is 0 Å². The zero-order valence-electron chi connectivity index (χ0n) is 5.99. The maximum Gasteiger partial charge on any atom is 0.281 e. The summed E-state index contributed by atoms with van der Waals surface area (Å²) in [6, 6.07) is 0. The summed E-state index contributed by atoms with van der Waals surface area (Å²) < 4.78 is 45.0. The van der Waals surface area contributed by atoms with Crippen LogP contribution < -0.4 is 0 Å². The average molecular weight is 229 g/mol. The molecule has 0 spiro atoms. The zero-order valence-corrected chi connectivity index (χ0v) is 7.56. The Morgan fingerprint density at radius 3 is 2.23 bits per heavy atom. The van der Waals surface area contributed by atoms with Gasteiger partial charge in [-0.05, 0) is 0 Å². The molecule has 8 heteroatoms. The number of rotatable bonds is 2. The lowest BCUT2D eigenvalue weighted by Gasteiger charge is -1.97. The van der Waals surface area contributed by atoms with E-state index in [0.29, 0.717) is 12.4 Å². The number of nitrogens with zero attached hydrogens (tertiary/aromatic N) is 2. The summed E-state index contributed by atoms with van der Waals surface area (Å²) >= 11 is 0. The van der Waals surface area contributed by atoms with Crippen molar-refractivity contribution in [3.05, 3.63) is 18.1 Å². The van der Waals surface area contributed by atoms with Gasteiger partial charge in [0.25, 0.3) is 15.5 Å². The lowest BCUT2D eigenvalue weighted by atomic mass is 10.5. The highest BCUT2D eigenvalue weighted by Gasteiger charge is 2.14. The van der Waals surface area contributed by atoms with E-state index in [0.717, 1.165) is 0 Å². The van der Waals surface area contributed by atoms with Crippen LogP contribution in [0.1, 0.15) is 12.1 Å². The summed E-state index contributed by atoms with van der Waals surface area (Å²) in [6.07, 6.45) is -1.43. The second kappa shape index (κ2) is 3.51. The largest absolute Gasteiger partial charge is 0.281 e. The van der Waals surface area contributed by atoms with Gasteiger partial charge in [-0.25, -0.2) is 22.2 Å². The van der Waals surface area contributed by atoms with Crippen LogP contribution in [-0.2, 0) is 9.05 Å². The van der Waals surface area contributed by atoms with E-state index in [4.69, 9.17) is 10.7 Å². The predicted molar refractivity (Wildman–Crippen MR) is 40.0 cm³/mol. The highest BCUT2D eigenvalue weighted by atomic mass is 35.7. The molecule has 1 aromatic rings. The molecule has 13 heavy (non-hydrogen) atoms. The van der Waals surface area contributed by atoms with E-state index in [9.17, 15) is 17.2 Å². The van der Waals surface area contributed by atoms with Gasteiger partial charge in [0.1, 0.15) is 5.69 Å². The lowest BCUT2D eigenvalue weighted by molar-refractivity contribution is 0.145. The van der Waals surface area contributed by atoms with Crippen LogP contribution in [0.25, 0.3) is 0 Å². The van der Waals surface area contributed by atoms with Crippen molar-refractivity contribution in [3.63, 3.8) is 0 Å². The molecule has 0 atom stereocenters. The fourth-order valence-corrected chi connectivity index (χ4v) is 1.16. The number of alkyl halides is 2. The first kappa shape index (κ1) is 10.3. The van der Waals surface area contributed by atoms with E-state index in [1.807, 2.05) is 0 Å². The minimum absolute atomic E-state index is 0.543. The Morgan fingerprint density at radius 2 is 1.92 bits per heavy atom. The molecule has 0 amide bonds. The van der Waals surface area contributed by atoms with E-state index >= 15 is 0 Å². The van der Waals surface area contributed by atoms with Gasteiger partial charge in [-0.15, -0.1) is 0 Å². The average Bonchev–Trinajstić information content (AvgIpc) is 2.03. The monoisotopic (exact) mass is 228 g/mol. The van der Waals surface area contributed by atoms with Crippen molar-refractivity contribution in [2.45, 2.75) is 11.5 Å². The number of hydrogen-bond donors (Lipinski definition) is 0. The first-order valence-corrected chi connectivity index (χ1v) is 5.27. The normalized spacial score (nSPS) is 12.0. The maximum atomic E-state index is 11.9. The van der Waals surface area contributed by atoms with Gasteiger partial charge >= 0.3 is 0 Å². The highest BCUT2D eigenvalue weighted by molar-refractivity contribution is 8.13. The molecule has 1 heterocycles. The van der Waals surface area contributed by atoms with Gasteiger partial charge in [-0.3, -0.25) is 4.98 Å². The van der Waals surface area contributed by atoms with Crippen LogP contribution >= 0.6 is 10.7 Å². The van der Waals surface area contributed by atoms with Crippen molar-refractivity contribution in [1.82, 2.24) is 9.97 Å². The predicted octanol–water partition coefficient (Wildman–Crippen LogP) is 1.34. The fourth-order valence-electron chi connectivity index (χ4n) is 0.565. The third-order valence-electron chi connectivity index (χ3n) is 1.12. The molecule has 0 radical (unpaired) electrons. The number of hydrogen-bond acceptors (Lipinski definition) is 4. The summed E-state index contributed by atoms with van der Waals surface area (Å²) in [5.41, 5.74) is -0.593. The molecule has 1 rings (SSSR count). The Hall–Kier alpha value is -0.820. The quantitative estimate of drug-likeness (QED) is 0.717. The summed E-state index contributed by atoms with van der Waals surface area (Å²) in [5, 5.41) is -0.543. The third kappa shape index (κ3) is 2.56. The topological polar surface area (TPSA) is 59.9 Å². The Bertz CT molecular complexity index is 392. The van der Waals surface area contributed by atoms with Crippen LogP contribution in [0.4, 0.5) is 8.78 Å². The van der Waals surface area contributed by atoms with Gasteiger partial charge in [-0.2, -0.15) is 0 Å². The molecule has 0 unspecified atom stereocenters. The van der Waals surface area contributed by atoms with Crippen LogP contribution in [0.3, 0.4) is 0 Å². The second-order valence-electron chi connectivity index (χ2n) is 2.02. The van der Waals surface area contributed by atoms with Crippen LogP contribution in [0, 0.1) is 0 Å². The summed E-state index contributed by atoms with van der Waals surface area (Å²) in [4.78, 5) is 6.38. The Kier molecular flexibility index (Phi) is 2.77. The summed E-state index contributed by atoms with van der Waals surface area (Å²) in [6.45, 7) is 0. The first-order chi connectivity index (χ1) is 5.91. The molecule has 0 fully saturated rings. The molecule has 0 N–H and O–H groups in total. The minimum atomic E-state index is -3.99. The van der Waals surface area contributed by atoms with Gasteiger partial charge in [-0.1, -0.05) is 0 Å². The van der Waals surface area contributed by atoms with Crippen LogP contribution in [0.2, 0.25) is 0 Å². The molecule has 4 nitrogen and oxygen atoms in total. The zero-order chi connectivity index (χ0) is 10.1. The number of halogens is 3. The van der Waals surface area contributed by atoms with Gasteiger partial charge in [0.15, 0.2) is 5.03 Å². The maximum absolute atomic E-state index is 11.9. The molecular formula is C5H3ClF2N2O2S. The molecular weight excluding hydrogens is 226 g/mol. The molecule has 0 aliphatic rings. The van der Waals surface area contributed by atoms with Gasteiger partial charge in [0.05, 0.1) is 12.4 Å². The van der Waals surface area contributed by atoms with Crippen molar-refractivity contribution < 1.29 is 17.2 Å². The minimum Gasteiger partial charge on any atom is -0.251 e. The van der Waals surface area contributed by atoms with Crippen molar-refractivity contribution in [1.29, 1.82) is 0 Å². The van der Waals surface area contributed by atoms with Crippen molar-refractivity contribution in [2.75, 3.05) is 0 Å². The Labute approximate surface area is 77.0 Å². The summed E-state index contributed by atoms with van der Waals surface area (Å²) in [5.74, 6) is 0. The van der Waals surface area contributed by atoms with E-state index < -0.39 is 26.2 Å². The van der Waals surface area contributed by atoms with Crippen molar-refractivity contribution >= 4 is 19.7 Å². The SMILES string of the molecule is O=S(=O)(Cl)c1cnc(C(F)F)cn1. The molecule has 0 aliphatic heterocycles.